The van der Waals surface area contributed by atoms with Crippen molar-refractivity contribution in [2.24, 2.45) is 0 Å². The fourth-order valence-electron chi connectivity index (χ4n) is 1.45. The van der Waals surface area contributed by atoms with Gasteiger partial charge in [0.1, 0.15) is 0 Å². The molecule has 0 aliphatic heterocycles. The lowest BCUT2D eigenvalue weighted by Gasteiger charge is -2.13. The van der Waals surface area contributed by atoms with Crippen molar-refractivity contribution >= 4 is 17.6 Å². The summed E-state index contributed by atoms with van der Waals surface area (Å²) in [6.45, 7) is 5.17. The Kier molecular flexibility index (Phi) is 4.71. The lowest BCUT2D eigenvalue weighted by Crippen LogP contribution is -2.26. The first kappa shape index (κ1) is 14.0. The van der Waals surface area contributed by atoms with E-state index in [2.05, 4.69) is 0 Å². The van der Waals surface area contributed by atoms with Gasteiger partial charge in [-0.2, -0.15) is 0 Å². The Balaban J connectivity index is 2.73. The molecule has 18 heavy (non-hydrogen) atoms. The first-order valence-corrected chi connectivity index (χ1v) is 5.69. The number of nitrogens with two attached hydrogens (primary N) is 1. The summed E-state index contributed by atoms with van der Waals surface area (Å²) >= 11 is 0. The van der Waals surface area contributed by atoms with Crippen LogP contribution in [0, 0.1) is 6.92 Å². The minimum absolute atomic E-state index is 0.252. The van der Waals surface area contributed by atoms with Gasteiger partial charge in [0.2, 0.25) is 0 Å². The molecule has 0 aliphatic carbocycles. The molecule has 5 nitrogen and oxygen atoms in total. The maximum absolute atomic E-state index is 11.8. The minimum Gasteiger partial charge on any atom is -0.463 e. The van der Waals surface area contributed by atoms with E-state index in [0.29, 0.717) is 16.8 Å². The van der Waals surface area contributed by atoms with Crippen LogP contribution in [0.1, 0.15) is 29.8 Å². The topological polar surface area (TPSA) is 78.6 Å². The number of ether oxygens (including phenoxy) is 2. The van der Waals surface area contributed by atoms with Crippen LogP contribution in [-0.4, -0.2) is 24.6 Å². The normalized spacial score (nSPS) is 11.7. The second-order valence-corrected chi connectivity index (χ2v) is 3.87. The molecule has 1 rings (SSSR count). The van der Waals surface area contributed by atoms with Crippen LogP contribution in [0.4, 0.5) is 5.69 Å². The Labute approximate surface area is 106 Å². The van der Waals surface area contributed by atoms with Gasteiger partial charge in [-0.25, -0.2) is 9.59 Å². The van der Waals surface area contributed by atoms with Gasteiger partial charge < -0.3 is 15.2 Å². The molecule has 5 heteroatoms. The first-order chi connectivity index (χ1) is 8.45. The van der Waals surface area contributed by atoms with Crippen LogP contribution in [0.2, 0.25) is 0 Å². The maximum Gasteiger partial charge on any atom is 0.347 e. The van der Waals surface area contributed by atoms with Gasteiger partial charge in [-0.1, -0.05) is 0 Å². The Morgan fingerprint density at radius 3 is 2.61 bits per heavy atom. The molecule has 98 valence electrons. The van der Waals surface area contributed by atoms with E-state index in [-0.39, 0.29) is 6.61 Å². The monoisotopic (exact) mass is 251 g/mol. The minimum atomic E-state index is -0.922. The molecular formula is C13H17NO4. The predicted octanol–water partition coefficient (Wildman–Crippen LogP) is 1.69. The number of carbonyl (C=O) groups excluding carboxylic acids is 2. The number of hydrogen-bond acceptors (Lipinski definition) is 5. The van der Waals surface area contributed by atoms with Crippen molar-refractivity contribution in [1.29, 1.82) is 0 Å². The summed E-state index contributed by atoms with van der Waals surface area (Å²) in [4.78, 5) is 23.2. The van der Waals surface area contributed by atoms with Crippen LogP contribution < -0.4 is 5.73 Å². The van der Waals surface area contributed by atoms with Crippen LogP contribution in [-0.2, 0) is 14.3 Å². The molecule has 1 atom stereocenters. The van der Waals surface area contributed by atoms with E-state index in [1.165, 1.54) is 6.92 Å². The number of hydrogen-bond donors (Lipinski definition) is 1. The highest BCUT2D eigenvalue weighted by atomic mass is 16.6. The third-order valence-corrected chi connectivity index (χ3v) is 2.37. The number of carbonyl (C=O) groups is 2. The largest absolute Gasteiger partial charge is 0.463 e. The smallest absolute Gasteiger partial charge is 0.347 e. The van der Waals surface area contributed by atoms with Crippen LogP contribution >= 0.6 is 0 Å². The van der Waals surface area contributed by atoms with E-state index in [4.69, 9.17) is 15.2 Å². The number of nitrogen functional groups attached to an aromatic ring is 1. The zero-order chi connectivity index (χ0) is 13.7. The summed E-state index contributed by atoms with van der Waals surface area (Å²) < 4.78 is 9.77. The number of aryl methyl sites for hydroxylation is 1. The van der Waals surface area contributed by atoms with Crippen molar-refractivity contribution in [1.82, 2.24) is 0 Å². The molecule has 0 spiro atoms. The van der Waals surface area contributed by atoms with E-state index in [0.717, 1.165) is 0 Å². The van der Waals surface area contributed by atoms with Crippen molar-refractivity contribution in [3.63, 3.8) is 0 Å². The van der Waals surface area contributed by atoms with E-state index in [1.54, 1.807) is 32.0 Å². The van der Waals surface area contributed by atoms with Gasteiger partial charge in [-0.05, 0) is 44.5 Å². The summed E-state index contributed by atoms with van der Waals surface area (Å²) in [5, 5.41) is 0. The van der Waals surface area contributed by atoms with Crippen molar-refractivity contribution in [2.75, 3.05) is 12.3 Å². The van der Waals surface area contributed by atoms with E-state index >= 15 is 0 Å². The molecule has 2 N–H and O–H groups in total. The Morgan fingerprint density at radius 2 is 2.06 bits per heavy atom. The van der Waals surface area contributed by atoms with Gasteiger partial charge in [0, 0.05) is 5.69 Å². The fourth-order valence-corrected chi connectivity index (χ4v) is 1.45. The molecule has 0 saturated carbocycles. The second-order valence-electron chi connectivity index (χ2n) is 3.87. The van der Waals surface area contributed by atoms with Crippen molar-refractivity contribution in [2.45, 2.75) is 26.9 Å². The molecule has 0 bridgehead atoms. The number of esters is 2. The molecule has 0 heterocycles. The van der Waals surface area contributed by atoms with Crippen LogP contribution in [0.15, 0.2) is 18.2 Å². The number of rotatable bonds is 4. The zero-order valence-corrected chi connectivity index (χ0v) is 10.7. The summed E-state index contributed by atoms with van der Waals surface area (Å²) in [6.07, 6.45) is -0.922. The average Bonchev–Trinajstić information content (AvgIpc) is 2.28. The average molecular weight is 251 g/mol. The lowest BCUT2D eigenvalue weighted by molar-refractivity contribution is -0.152. The zero-order valence-electron chi connectivity index (χ0n) is 10.7. The summed E-state index contributed by atoms with van der Waals surface area (Å²) in [5.41, 5.74) is 7.26. The highest BCUT2D eigenvalue weighted by Gasteiger charge is 2.20. The number of benzene rings is 1. The lowest BCUT2D eigenvalue weighted by atomic mass is 10.1. The second kappa shape index (κ2) is 6.05. The van der Waals surface area contributed by atoms with Gasteiger partial charge in [-0.15, -0.1) is 0 Å². The van der Waals surface area contributed by atoms with Crippen LogP contribution in [0.3, 0.4) is 0 Å². The fraction of sp³-hybridized carbons (Fsp3) is 0.385. The Hall–Kier alpha value is -2.04. The molecule has 0 aliphatic rings. The van der Waals surface area contributed by atoms with Crippen LogP contribution in [0.5, 0.6) is 0 Å². The molecular weight excluding hydrogens is 234 g/mol. The molecule has 1 unspecified atom stereocenters. The van der Waals surface area contributed by atoms with Crippen molar-refractivity contribution in [3.05, 3.63) is 29.3 Å². The standard InChI is InChI=1S/C13H17NO4/c1-4-17-12(15)9(3)18-13(16)11-6-5-10(14)7-8(11)2/h5-7,9H,4,14H2,1-3H3. The van der Waals surface area contributed by atoms with Gasteiger partial charge in [-0.3, -0.25) is 0 Å². The van der Waals surface area contributed by atoms with Gasteiger partial charge >= 0.3 is 11.9 Å². The molecule has 1 aromatic carbocycles. The summed E-state index contributed by atoms with van der Waals surface area (Å²) in [7, 11) is 0. The van der Waals surface area contributed by atoms with E-state index < -0.39 is 18.0 Å². The highest BCUT2D eigenvalue weighted by molar-refractivity contribution is 5.93. The molecule has 0 amide bonds. The maximum atomic E-state index is 11.8. The van der Waals surface area contributed by atoms with Gasteiger partial charge in [0.05, 0.1) is 12.2 Å². The van der Waals surface area contributed by atoms with E-state index in [1.807, 2.05) is 0 Å². The van der Waals surface area contributed by atoms with Crippen molar-refractivity contribution < 1.29 is 19.1 Å². The third kappa shape index (κ3) is 3.48. The summed E-state index contributed by atoms with van der Waals surface area (Å²) in [5.74, 6) is -1.12. The predicted molar refractivity (Wildman–Crippen MR) is 67.1 cm³/mol. The van der Waals surface area contributed by atoms with E-state index in [9.17, 15) is 9.59 Å². The first-order valence-electron chi connectivity index (χ1n) is 5.69. The molecule has 0 aromatic heterocycles. The Morgan fingerprint density at radius 1 is 1.39 bits per heavy atom. The molecule has 0 saturated heterocycles. The summed E-state index contributed by atoms with van der Waals surface area (Å²) in [6, 6.07) is 4.86. The van der Waals surface area contributed by atoms with Gasteiger partial charge in [0.15, 0.2) is 6.10 Å². The SMILES string of the molecule is CCOC(=O)C(C)OC(=O)c1ccc(N)cc1C. The quantitative estimate of drug-likeness (QED) is 0.650. The van der Waals surface area contributed by atoms with Crippen LogP contribution in [0.25, 0.3) is 0 Å². The Bertz CT molecular complexity index is 456. The molecule has 1 aromatic rings. The van der Waals surface area contributed by atoms with Gasteiger partial charge in [0.25, 0.3) is 0 Å². The van der Waals surface area contributed by atoms with Crippen molar-refractivity contribution in [3.8, 4) is 0 Å². The number of anilines is 1. The highest BCUT2D eigenvalue weighted by Crippen LogP contribution is 2.14. The molecule has 0 radical (unpaired) electrons. The third-order valence-electron chi connectivity index (χ3n) is 2.37. The molecule has 0 fully saturated rings.